The molecular formula is C6H7IO2. The highest BCUT2D eigenvalue weighted by atomic mass is 127. The van der Waals surface area contributed by atoms with Crippen LogP contribution < -0.4 is 0 Å². The summed E-state index contributed by atoms with van der Waals surface area (Å²) in [6, 6.07) is 0. The number of halogens is 1. The Bertz CT molecular complexity index is 143. The lowest BCUT2D eigenvalue weighted by atomic mass is 10.5. The molecule has 0 aliphatic carbocycles. The first-order valence-electron chi connectivity index (χ1n) is 2.55. The Morgan fingerprint density at radius 2 is 2.44 bits per heavy atom. The van der Waals surface area contributed by atoms with Gasteiger partial charge in [-0.25, -0.2) is 0 Å². The van der Waals surface area contributed by atoms with E-state index in [-0.39, 0.29) is 12.6 Å². The Morgan fingerprint density at radius 3 is 2.89 bits per heavy atom. The summed E-state index contributed by atoms with van der Waals surface area (Å²) >= 11 is 1.89. The van der Waals surface area contributed by atoms with Gasteiger partial charge in [0.2, 0.25) is 0 Å². The van der Waals surface area contributed by atoms with Gasteiger partial charge in [0.15, 0.2) is 6.61 Å². The average Bonchev–Trinajstić information content (AvgIpc) is 1.89. The molecule has 0 aliphatic heterocycles. The van der Waals surface area contributed by atoms with Crippen molar-refractivity contribution in [2.24, 2.45) is 0 Å². The fourth-order valence-electron chi connectivity index (χ4n) is 0.246. The average molecular weight is 238 g/mol. The van der Waals surface area contributed by atoms with Crippen molar-refractivity contribution in [3.8, 4) is 9.85 Å². The van der Waals surface area contributed by atoms with E-state index in [1.165, 1.54) is 0 Å². The van der Waals surface area contributed by atoms with Gasteiger partial charge in [-0.15, -0.1) is 0 Å². The van der Waals surface area contributed by atoms with Crippen molar-refractivity contribution in [1.82, 2.24) is 0 Å². The molecule has 0 spiro atoms. The molecule has 0 aromatic carbocycles. The maximum Gasteiger partial charge on any atom is 0.306 e. The van der Waals surface area contributed by atoms with Crippen LogP contribution in [0.5, 0.6) is 0 Å². The second kappa shape index (κ2) is 5.89. The third-order valence-corrected chi connectivity index (χ3v) is 1.04. The second-order valence-corrected chi connectivity index (χ2v) is 1.82. The predicted molar refractivity (Wildman–Crippen MR) is 43.0 cm³/mol. The zero-order valence-corrected chi connectivity index (χ0v) is 7.27. The van der Waals surface area contributed by atoms with Crippen LogP contribution in [0.25, 0.3) is 0 Å². The molecule has 0 heterocycles. The van der Waals surface area contributed by atoms with Crippen molar-refractivity contribution in [2.45, 2.75) is 13.3 Å². The zero-order valence-electron chi connectivity index (χ0n) is 5.11. The molecule has 0 N–H and O–H groups in total. The molecule has 0 atom stereocenters. The van der Waals surface area contributed by atoms with Gasteiger partial charge in [-0.05, 0) is 3.93 Å². The lowest BCUT2D eigenvalue weighted by Gasteiger charge is -1.93. The number of ether oxygens (including phenoxy) is 1. The Kier molecular flexibility index (Phi) is 5.73. The molecule has 0 saturated heterocycles. The van der Waals surface area contributed by atoms with Crippen LogP contribution in [0.2, 0.25) is 0 Å². The van der Waals surface area contributed by atoms with E-state index in [1.54, 1.807) is 6.92 Å². The van der Waals surface area contributed by atoms with E-state index in [0.29, 0.717) is 6.42 Å². The lowest BCUT2D eigenvalue weighted by molar-refractivity contribution is -0.141. The molecule has 9 heavy (non-hydrogen) atoms. The summed E-state index contributed by atoms with van der Waals surface area (Å²) in [5, 5.41) is 0. The molecule has 0 aromatic rings. The molecule has 50 valence electrons. The maximum absolute atomic E-state index is 10.4. The summed E-state index contributed by atoms with van der Waals surface area (Å²) < 4.78 is 7.20. The Labute approximate surface area is 68.1 Å². The first-order valence-corrected chi connectivity index (χ1v) is 3.63. The van der Waals surface area contributed by atoms with Crippen LogP contribution >= 0.6 is 22.6 Å². The fraction of sp³-hybridized carbons (Fsp3) is 0.500. The first kappa shape index (κ1) is 8.76. The molecule has 0 amide bonds. The van der Waals surface area contributed by atoms with E-state index in [1.807, 2.05) is 22.6 Å². The quantitative estimate of drug-likeness (QED) is 0.412. The van der Waals surface area contributed by atoms with Gasteiger partial charge in [0.25, 0.3) is 0 Å². The number of hydrogen-bond acceptors (Lipinski definition) is 2. The molecule has 2 nitrogen and oxygen atoms in total. The number of hydrogen-bond donors (Lipinski definition) is 0. The van der Waals surface area contributed by atoms with Gasteiger partial charge in [0, 0.05) is 29.0 Å². The highest BCUT2D eigenvalue weighted by Gasteiger charge is 1.92. The van der Waals surface area contributed by atoms with Crippen LogP contribution in [0, 0.1) is 9.85 Å². The minimum atomic E-state index is -0.200. The Hall–Kier alpha value is -0.240. The maximum atomic E-state index is 10.4. The Balaban J connectivity index is 3.24. The molecule has 0 aromatic heterocycles. The largest absolute Gasteiger partial charge is 0.452 e. The van der Waals surface area contributed by atoms with Gasteiger partial charge < -0.3 is 4.74 Å². The van der Waals surface area contributed by atoms with E-state index >= 15 is 0 Å². The zero-order chi connectivity index (χ0) is 7.11. The number of carbonyl (C=O) groups is 1. The van der Waals surface area contributed by atoms with Crippen molar-refractivity contribution in [2.75, 3.05) is 6.61 Å². The summed E-state index contributed by atoms with van der Waals surface area (Å²) in [7, 11) is 0. The predicted octanol–water partition coefficient (Wildman–Crippen LogP) is 1.34. The van der Waals surface area contributed by atoms with Crippen LogP contribution in [0.1, 0.15) is 13.3 Å². The molecule has 0 saturated carbocycles. The number of rotatable bonds is 2. The van der Waals surface area contributed by atoms with Crippen molar-refractivity contribution in [1.29, 1.82) is 0 Å². The van der Waals surface area contributed by atoms with Crippen LogP contribution in [0.3, 0.4) is 0 Å². The summed E-state index contributed by atoms with van der Waals surface area (Å²) in [6.07, 6.45) is 0.420. The van der Waals surface area contributed by atoms with Crippen LogP contribution in [0.4, 0.5) is 0 Å². The normalized spacial score (nSPS) is 7.33. The van der Waals surface area contributed by atoms with E-state index in [9.17, 15) is 4.79 Å². The van der Waals surface area contributed by atoms with E-state index in [2.05, 4.69) is 14.6 Å². The van der Waals surface area contributed by atoms with E-state index < -0.39 is 0 Å². The van der Waals surface area contributed by atoms with Crippen LogP contribution in [0.15, 0.2) is 0 Å². The molecule has 0 fully saturated rings. The molecule has 0 aliphatic rings. The minimum absolute atomic E-state index is 0.200. The highest BCUT2D eigenvalue weighted by molar-refractivity contribution is 14.1. The fourth-order valence-corrected chi connectivity index (χ4v) is 0.402. The summed E-state index contributed by atoms with van der Waals surface area (Å²) in [4.78, 5) is 10.4. The van der Waals surface area contributed by atoms with E-state index in [4.69, 9.17) is 0 Å². The number of esters is 1. The van der Waals surface area contributed by atoms with Crippen LogP contribution in [-0.4, -0.2) is 12.6 Å². The van der Waals surface area contributed by atoms with Gasteiger partial charge in [-0.1, -0.05) is 12.8 Å². The monoisotopic (exact) mass is 238 g/mol. The number of carbonyl (C=O) groups excluding carboxylic acids is 1. The third-order valence-electron chi connectivity index (χ3n) is 0.661. The smallest absolute Gasteiger partial charge is 0.306 e. The standard InChI is InChI=1S/C6H7IO2/c1-2-6(8)9-5-3-4-7/h2,5H2,1H3. The van der Waals surface area contributed by atoms with Gasteiger partial charge in [0.1, 0.15) is 0 Å². The highest BCUT2D eigenvalue weighted by Crippen LogP contribution is 1.82. The molecule has 0 rings (SSSR count). The summed E-state index contributed by atoms with van der Waals surface area (Å²) in [5.41, 5.74) is 0. The first-order chi connectivity index (χ1) is 4.31. The second-order valence-electron chi connectivity index (χ2n) is 1.29. The summed E-state index contributed by atoms with van der Waals surface area (Å²) in [6.45, 7) is 1.97. The lowest BCUT2D eigenvalue weighted by Crippen LogP contribution is -2.01. The van der Waals surface area contributed by atoms with Crippen molar-refractivity contribution < 1.29 is 9.53 Å². The van der Waals surface area contributed by atoms with Crippen molar-refractivity contribution >= 4 is 28.6 Å². The topological polar surface area (TPSA) is 26.3 Å². The van der Waals surface area contributed by atoms with Gasteiger partial charge in [0.05, 0.1) is 0 Å². The molecule has 0 unspecified atom stereocenters. The van der Waals surface area contributed by atoms with Crippen LogP contribution in [-0.2, 0) is 9.53 Å². The van der Waals surface area contributed by atoms with Gasteiger partial charge >= 0.3 is 5.97 Å². The van der Waals surface area contributed by atoms with E-state index in [0.717, 1.165) is 0 Å². The minimum Gasteiger partial charge on any atom is -0.452 e. The Morgan fingerprint density at radius 1 is 1.78 bits per heavy atom. The molecule has 0 bridgehead atoms. The SMILES string of the molecule is CCC(=O)OCC#CI. The van der Waals surface area contributed by atoms with Crippen molar-refractivity contribution in [3.05, 3.63) is 0 Å². The molecule has 3 heteroatoms. The van der Waals surface area contributed by atoms with Gasteiger partial charge in [-0.2, -0.15) is 0 Å². The van der Waals surface area contributed by atoms with Gasteiger partial charge in [-0.3, -0.25) is 4.79 Å². The summed E-state index contributed by atoms with van der Waals surface area (Å²) in [5.74, 6) is 2.41. The van der Waals surface area contributed by atoms with Crippen molar-refractivity contribution in [3.63, 3.8) is 0 Å². The third kappa shape index (κ3) is 5.63. The molecule has 0 radical (unpaired) electrons. The molecular weight excluding hydrogens is 231 g/mol.